The summed E-state index contributed by atoms with van der Waals surface area (Å²) < 4.78 is 22.5. The molecular weight excluding hydrogens is 456 g/mol. The molecule has 1 aliphatic rings. The van der Waals surface area contributed by atoms with Crippen molar-refractivity contribution in [3.05, 3.63) is 82.9 Å². The standard InChI is InChI=1S/C27H27ClO6/c1-3-32-26(30)18(2)34-27(16-31-17-27)21-7-10-23(11-8-21)33-15-19-5-4-6-20(13-19)24-12-9-22(29)14-25(24)28/h4-14,18,29H,3,15-17H2,1-2H3. The van der Waals surface area contributed by atoms with E-state index in [1.54, 1.807) is 26.0 Å². The normalized spacial score (nSPS) is 15.3. The van der Waals surface area contributed by atoms with E-state index in [4.69, 9.17) is 30.5 Å². The van der Waals surface area contributed by atoms with Crippen LogP contribution in [0.1, 0.15) is 25.0 Å². The molecule has 0 aromatic heterocycles. The van der Waals surface area contributed by atoms with Crippen LogP contribution in [0.25, 0.3) is 11.1 Å². The number of carbonyl (C=O) groups is 1. The zero-order valence-corrected chi connectivity index (χ0v) is 19.9. The molecule has 1 fully saturated rings. The van der Waals surface area contributed by atoms with Crippen LogP contribution in [0.2, 0.25) is 5.02 Å². The Morgan fingerprint density at radius 1 is 1.12 bits per heavy atom. The van der Waals surface area contributed by atoms with E-state index < -0.39 is 11.7 Å². The van der Waals surface area contributed by atoms with E-state index in [0.717, 1.165) is 22.3 Å². The van der Waals surface area contributed by atoms with E-state index in [-0.39, 0.29) is 11.7 Å². The fourth-order valence-corrected chi connectivity index (χ4v) is 4.11. The van der Waals surface area contributed by atoms with Gasteiger partial charge in [0.1, 0.15) is 23.7 Å². The summed E-state index contributed by atoms with van der Waals surface area (Å²) in [6, 6.07) is 20.5. The van der Waals surface area contributed by atoms with Crippen molar-refractivity contribution in [1.29, 1.82) is 0 Å². The van der Waals surface area contributed by atoms with E-state index >= 15 is 0 Å². The molecule has 0 aliphatic carbocycles. The van der Waals surface area contributed by atoms with Crippen molar-refractivity contribution in [3.8, 4) is 22.6 Å². The van der Waals surface area contributed by atoms with E-state index in [1.165, 1.54) is 6.07 Å². The van der Waals surface area contributed by atoms with Crippen LogP contribution < -0.4 is 4.74 Å². The molecule has 3 aromatic carbocycles. The third kappa shape index (κ3) is 5.36. The molecule has 34 heavy (non-hydrogen) atoms. The first kappa shape index (κ1) is 24.1. The number of phenolic OH excluding ortho intramolecular Hbond substituents is 1. The number of hydrogen-bond acceptors (Lipinski definition) is 6. The average molecular weight is 483 g/mol. The van der Waals surface area contributed by atoms with Crippen molar-refractivity contribution in [2.24, 2.45) is 0 Å². The summed E-state index contributed by atoms with van der Waals surface area (Å²) in [5, 5.41) is 10.1. The largest absolute Gasteiger partial charge is 0.508 e. The van der Waals surface area contributed by atoms with Gasteiger partial charge < -0.3 is 24.1 Å². The molecule has 6 nitrogen and oxygen atoms in total. The molecule has 1 saturated heterocycles. The third-order valence-corrected chi connectivity index (χ3v) is 5.98. The zero-order valence-electron chi connectivity index (χ0n) is 19.1. The van der Waals surface area contributed by atoms with Gasteiger partial charge in [-0.15, -0.1) is 0 Å². The minimum Gasteiger partial charge on any atom is -0.508 e. The summed E-state index contributed by atoms with van der Waals surface area (Å²) in [4.78, 5) is 12.0. The molecule has 1 N–H and O–H groups in total. The van der Waals surface area contributed by atoms with Gasteiger partial charge in [0.2, 0.25) is 0 Å². The number of benzene rings is 3. The van der Waals surface area contributed by atoms with Crippen LogP contribution in [0.15, 0.2) is 66.7 Å². The summed E-state index contributed by atoms with van der Waals surface area (Å²) in [5.41, 5.74) is 3.03. The first-order valence-electron chi connectivity index (χ1n) is 11.1. The first-order chi connectivity index (χ1) is 16.4. The Labute approximate surface area is 204 Å². The van der Waals surface area contributed by atoms with E-state index in [1.807, 2.05) is 48.5 Å². The molecule has 0 bridgehead atoms. The predicted molar refractivity (Wildman–Crippen MR) is 129 cm³/mol. The van der Waals surface area contributed by atoms with Gasteiger partial charge in [-0.25, -0.2) is 4.79 Å². The Balaban J connectivity index is 1.41. The van der Waals surface area contributed by atoms with E-state index in [2.05, 4.69) is 0 Å². The third-order valence-electron chi connectivity index (χ3n) is 5.67. The van der Waals surface area contributed by atoms with E-state index in [0.29, 0.717) is 37.2 Å². The number of ether oxygens (including phenoxy) is 4. The molecule has 0 radical (unpaired) electrons. The van der Waals surface area contributed by atoms with Gasteiger partial charge in [0.05, 0.1) is 24.8 Å². The lowest BCUT2D eigenvalue weighted by Crippen LogP contribution is -2.51. The van der Waals surface area contributed by atoms with Crippen LogP contribution in [0.5, 0.6) is 11.5 Å². The molecule has 0 saturated carbocycles. The predicted octanol–water partition coefficient (Wildman–Crippen LogP) is 5.49. The number of rotatable bonds is 9. The molecule has 7 heteroatoms. The van der Waals surface area contributed by atoms with Gasteiger partial charge in [-0.1, -0.05) is 41.9 Å². The van der Waals surface area contributed by atoms with Crippen LogP contribution in [-0.2, 0) is 31.2 Å². The monoisotopic (exact) mass is 482 g/mol. The second kappa shape index (κ2) is 10.5. The molecule has 1 atom stereocenters. The summed E-state index contributed by atoms with van der Waals surface area (Å²) >= 11 is 6.29. The molecular formula is C27H27ClO6. The lowest BCUT2D eigenvalue weighted by atomic mass is 9.91. The Hall–Kier alpha value is -3.06. The minimum absolute atomic E-state index is 0.132. The molecule has 1 aliphatic heterocycles. The van der Waals surface area contributed by atoms with Crippen LogP contribution in [0.3, 0.4) is 0 Å². The van der Waals surface area contributed by atoms with Crippen molar-refractivity contribution in [2.75, 3.05) is 19.8 Å². The highest BCUT2D eigenvalue weighted by Gasteiger charge is 2.44. The first-order valence-corrected chi connectivity index (χ1v) is 11.5. The Bertz CT molecular complexity index is 1140. The van der Waals surface area contributed by atoms with Gasteiger partial charge in [0, 0.05) is 5.56 Å². The Kier molecular flexibility index (Phi) is 7.41. The van der Waals surface area contributed by atoms with Gasteiger partial charge in [0.15, 0.2) is 6.10 Å². The van der Waals surface area contributed by atoms with Gasteiger partial charge in [-0.2, -0.15) is 0 Å². The Morgan fingerprint density at radius 2 is 1.88 bits per heavy atom. The van der Waals surface area contributed by atoms with Gasteiger partial charge >= 0.3 is 5.97 Å². The molecule has 0 spiro atoms. The fraction of sp³-hybridized carbons (Fsp3) is 0.296. The molecule has 1 unspecified atom stereocenters. The van der Waals surface area contributed by atoms with Gasteiger partial charge in [0.25, 0.3) is 0 Å². The highest BCUT2D eigenvalue weighted by atomic mass is 35.5. The smallest absolute Gasteiger partial charge is 0.334 e. The number of aromatic hydroxyl groups is 1. The number of phenols is 1. The number of esters is 1. The van der Waals surface area contributed by atoms with E-state index in [9.17, 15) is 9.90 Å². The fourth-order valence-electron chi connectivity index (χ4n) is 3.82. The highest BCUT2D eigenvalue weighted by molar-refractivity contribution is 6.33. The van der Waals surface area contributed by atoms with Crippen LogP contribution >= 0.6 is 11.6 Å². The maximum Gasteiger partial charge on any atom is 0.334 e. The van der Waals surface area contributed by atoms with Crippen molar-refractivity contribution < 1.29 is 28.8 Å². The lowest BCUT2D eigenvalue weighted by Gasteiger charge is -2.42. The quantitative estimate of drug-likeness (QED) is 0.407. The lowest BCUT2D eigenvalue weighted by molar-refractivity contribution is -0.239. The molecule has 1 heterocycles. The maximum absolute atomic E-state index is 12.0. The van der Waals surface area contributed by atoms with Crippen molar-refractivity contribution in [3.63, 3.8) is 0 Å². The highest BCUT2D eigenvalue weighted by Crippen LogP contribution is 2.36. The van der Waals surface area contributed by atoms with Gasteiger partial charge in [-0.3, -0.25) is 0 Å². The summed E-state index contributed by atoms with van der Waals surface area (Å²) in [7, 11) is 0. The number of hydrogen-bond donors (Lipinski definition) is 1. The zero-order chi connectivity index (χ0) is 24.1. The summed E-state index contributed by atoms with van der Waals surface area (Å²) in [6.45, 7) is 4.91. The molecule has 3 aromatic rings. The minimum atomic E-state index is -0.686. The average Bonchev–Trinajstić information content (AvgIpc) is 2.81. The second-order valence-corrected chi connectivity index (χ2v) is 8.58. The maximum atomic E-state index is 12.0. The van der Waals surface area contributed by atoms with Crippen LogP contribution in [-0.4, -0.2) is 37.0 Å². The molecule has 0 amide bonds. The van der Waals surface area contributed by atoms with Crippen molar-refractivity contribution >= 4 is 17.6 Å². The molecule has 178 valence electrons. The van der Waals surface area contributed by atoms with Gasteiger partial charge in [-0.05, 0) is 66.9 Å². The second-order valence-electron chi connectivity index (χ2n) is 8.18. The van der Waals surface area contributed by atoms with Crippen molar-refractivity contribution in [2.45, 2.75) is 32.2 Å². The Morgan fingerprint density at radius 3 is 2.53 bits per heavy atom. The number of carbonyl (C=O) groups excluding carboxylic acids is 1. The summed E-state index contributed by atoms with van der Waals surface area (Å²) in [6.07, 6.45) is -0.686. The summed E-state index contributed by atoms with van der Waals surface area (Å²) in [5.74, 6) is 0.461. The topological polar surface area (TPSA) is 74.2 Å². The SMILES string of the molecule is CCOC(=O)C(C)OC1(c2ccc(OCc3cccc(-c4ccc(O)cc4Cl)c3)cc2)COC1. The van der Waals surface area contributed by atoms with Crippen LogP contribution in [0.4, 0.5) is 0 Å². The molecule has 4 rings (SSSR count). The number of halogens is 1. The van der Waals surface area contributed by atoms with Crippen molar-refractivity contribution in [1.82, 2.24) is 0 Å². The van der Waals surface area contributed by atoms with Crippen LogP contribution in [0, 0.1) is 0 Å².